The summed E-state index contributed by atoms with van der Waals surface area (Å²) < 4.78 is 5.18. The van der Waals surface area contributed by atoms with Crippen molar-refractivity contribution < 1.29 is 14.3 Å². The Morgan fingerprint density at radius 3 is 2.45 bits per heavy atom. The van der Waals surface area contributed by atoms with E-state index in [1.54, 1.807) is 23.9 Å². The number of halogens is 1. The first-order chi connectivity index (χ1) is 14.0. The molecule has 1 aliphatic carbocycles. The second-order valence-corrected chi connectivity index (χ2v) is 8.94. The summed E-state index contributed by atoms with van der Waals surface area (Å²) in [4.78, 5) is 25.4. The van der Waals surface area contributed by atoms with Gasteiger partial charge in [-0.3, -0.25) is 4.79 Å². The number of carbonyl (C=O) groups is 2. The zero-order chi connectivity index (χ0) is 20.6. The average molecular weight is 432 g/mol. The van der Waals surface area contributed by atoms with Crippen molar-refractivity contribution in [1.29, 1.82) is 0 Å². The van der Waals surface area contributed by atoms with Gasteiger partial charge in [-0.2, -0.15) is 0 Å². The number of ether oxygens (including phenoxy) is 1. The summed E-state index contributed by atoms with van der Waals surface area (Å²) in [5.41, 5.74) is 1.55. The largest absolute Gasteiger partial charge is 0.452 e. The number of rotatable bonds is 7. The third kappa shape index (κ3) is 6.79. The molecule has 1 aliphatic rings. The maximum Gasteiger partial charge on any atom is 0.338 e. The molecule has 1 fully saturated rings. The molecule has 0 spiro atoms. The molecule has 2 aromatic carbocycles. The van der Waals surface area contributed by atoms with Crippen molar-refractivity contribution in [1.82, 2.24) is 5.32 Å². The first-order valence-electron chi connectivity index (χ1n) is 9.95. The fourth-order valence-electron chi connectivity index (χ4n) is 3.43. The zero-order valence-corrected chi connectivity index (χ0v) is 18.1. The fraction of sp³-hybridized carbons (Fsp3) is 0.391. The van der Waals surface area contributed by atoms with Gasteiger partial charge in [-0.25, -0.2) is 4.79 Å². The van der Waals surface area contributed by atoms with E-state index < -0.39 is 5.97 Å². The smallest absolute Gasteiger partial charge is 0.338 e. The molecule has 1 N–H and O–H groups in total. The molecular formula is C23H26ClNO3S. The lowest BCUT2D eigenvalue weighted by molar-refractivity contribution is -0.125. The quantitative estimate of drug-likeness (QED) is 0.465. The summed E-state index contributed by atoms with van der Waals surface area (Å²) in [5, 5.41) is 3.71. The SMILES string of the molecule is CC1CCCCC1NC(=O)COC(=O)c1ccc(CSc2ccc(Cl)cc2)cc1. The molecule has 0 saturated heterocycles. The van der Waals surface area contributed by atoms with Gasteiger partial charge >= 0.3 is 5.97 Å². The van der Waals surface area contributed by atoms with E-state index in [1.165, 1.54) is 6.42 Å². The number of carbonyl (C=O) groups excluding carboxylic acids is 2. The van der Waals surface area contributed by atoms with E-state index in [0.717, 1.165) is 40.5 Å². The van der Waals surface area contributed by atoms with Crippen molar-refractivity contribution in [2.45, 2.75) is 49.3 Å². The van der Waals surface area contributed by atoms with E-state index in [-0.39, 0.29) is 18.6 Å². The van der Waals surface area contributed by atoms with Gasteiger partial charge in [0.15, 0.2) is 6.61 Å². The van der Waals surface area contributed by atoms with Crippen LogP contribution in [-0.2, 0) is 15.3 Å². The Balaban J connectivity index is 1.43. The fourth-order valence-corrected chi connectivity index (χ4v) is 4.41. The van der Waals surface area contributed by atoms with Crippen molar-refractivity contribution in [2.24, 2.45) is 5.92 Å². The summed E-state index contributed by atoms with van der Waals surface area (Å²) in [5.74, 6) is 0.558. The first kappa shape index (κ1) is 21.7. The Morgan fingerprint density at radius 2 is 1.76 bits per heavy atom. The van der Waals surface area contributed by atoms with E-state index >= 15 is 0 Å². The average Bonchev–Trinajstić information content (AvgIpc) is 2.74. The highest BCUT2D eigenvalue weighted by Gasteiger charge is 2.23. The Morgan fingerprint density at radius 1 is 1.07 bits per heavy atom. The standard InChI is InChI=1S/C23H26ClNO3S/c1-16-4-2-3-5-21(16)25-22(26)14-28-23(27)18-8-6-17(7-9-18)15-29-20-12-10-19(24)11-13-20/h6-13,16,21H,2-5,14-15H2,1H3,(H,25,26). The zero-order valence-electron chi connectivity index (χ0n) is 16.5. The number of benzene rings is 2. The van der Waals surface area contributed by atoms with Gasteiger partial charge in [-0.15, -0.1) is 11.8 Å². The van der Waals surface area contributed by atoms with Crippen molar-refractivity contribution in [3.05, 3.63) is 64.7 Å². The van der Waals surface area contributed by atoms with Crippen LogP contribution >= 0.6 is 23.4 Å². The molecule has 2 aromatic rings. The highest BCUT2D eigenvalue weighted by Crippen LogP contribution is 2.25. The van der Waals surface area contributed by atoms with Gasteiger partial charge in [0, 0.05) is 21.7 Å². The second kappa shape index (κ2) is 10.7. The third-order valence-electron chi connectivity index (χ3n) is 5.20. The van der Waals surface area contributed by atoms with Gasteiger partial charge in [0.25, 0.3) is 5.91 Å². The highest BCUT2D eigenvalue weighted by atomic mass is 35.5. The topological polar surface area (TPSA) is 55.4 Å². The van der Waals surface area contributed by atoms with Crippen molar-refractivity contribution >= 4 is 35.2 Å². The molecule has 0 radical (unpaired) electrons. The summed E-state index contributed by atoms with van der Waals surface area (Å²) in [6, 6.07) is 15.2. The van der Waals surface area contributed by atoms with Crippen LogP contribution in [0.5, 0.6) is 0 Å². The van der Waals surface area contributed by atoms with Crippen LogP contribution in [-0.4, -0.2) is 24.5 Å². The molecule has 0 bridgehead atoms. The maximum atomic E-state index is 12.2. The normalized spacial score (nSPS) is 18.8. The molecule has 0 aliphatic heterocycles. The minimum Gasteiger partial charge on any atom is -0.452 e. The van der Waals surface area contributed by atoms with Crippen LogP contribution in [0.15, 0.2) is 53.4 Å². The molecule has 1 saturated carbocycles. The van der Waals surface area contributed by atoms with E-state index in [0.29, 0.717) is 11.5 Å². The van der Waals surface area contributed by atoms with E-state index in [1.807, 2.05) is 36.4 Å². The van der Waals surface area contributed by atoms with Crippen LogP contribution in [0.25, 0.3) is 0 Å². The molecule has 154 valence electrons. The molecule has 1 amide bonds. The number of amides is 1. The van der Waals surface area contributed by atoms with Crippen molar-refractivity contribution in [3.63, 3.8) is 0 Å². The molecule has 29 heavy (non-hydrogen) atoms. The Kier molecular flexibility index (Phi) is 8.01. The summed E-state index contributed by atoms with van der Waals surface area (Å²) >= 11 is 7.60. The molecule has 4 nitrogen and oxygen atoms in total. The predicted octanol–water partition coefficient (Wildman–Crippen LogP) is 5.48. The lowest BCUT2D eigenvalue weighted by Gasteiger charge is -2.29. The lowest BCUT2D eigenvalue weighted by Crippen LogP contribution is -2.42. The third-order valence-corrected chi connectivity index (χ3v) is 6.54. The van der Waals surface area contributed by atoms with Crippen LogP contribution in [0.1, 0.15) is 48.5 Å². The van der Waals surface area contributed by atoms with Gasteiger partial charge in [-0.1, -0.05) is 43.5 Å². The molecule has 0 heterocycles. The Labute approximate surface area is 181 Å². The second-order valence-electron chi connectivity index (χ2n) is 7.45. The number of hydrogen-bond acceptors (Lipinski definition) is 4. The van der Waals surface area contributed by atoms with Gasteiger partial charge in [0.1, 0.15) is 0 Å². The first-order valence-corrected chi connectivity index (χ1v) is 11.3. The number of hydrogen-bond donors (Lipinski definition) is 1. The summed E-state index contributed by atoms with van der Waals surface area (Å²) in [7, 11) is 0. The van der Waals surface area contributed by atoms with Gasteiger partial charge in [0.05, 0.1) is 5.56 Å². The Hall–Kier alpha value is -1.98. The minimum absolute atomic E-state index is 0.187. The molecule has 6 heteroatoms. The molecule has 3 rings (SSSR count). The number of esters is 1. The molecule has 0 aromatic heterocycles. The number of nitrogens with one attached hydrogen (secondary N) is 1. The summed E-state index contributed by atoms with van der Waals surface area (Å²) in [6.45, 7) is 1.92. The van der Waals surface area contributed by atoms with Crippen LogP contribution in [0.2, 0.25) is 5.02 Å². The van der Waals surface area contributed by atoms with Crippen LogP contribution in [0, 0.1) is 5.92 Å². The van der Waals surface area contributed by atoms with Crippen molar-refractivity contribution in [2.75, 3.05) is 6.61 Å². The van der Waals surface area contributed by atoms with Gasteiger partial charge < -0.3 is 10.1 Å². The van der Waals surface area contributed by atoms with Crippen LogP contribution in [0.3, 0.4) is 0 Å². The summed E-state index contributed by atoms with van der Waals surface area (Å²) in [6.07, 6.45) is 4.48. The highest BCUT2D eigenvalue weighted by molar-refractivity contribution is 7.98. The van der Waals surface area contributed by atoms with E-state index in [2.05, 4.69) is 12.2 Å². The molecule has 2 atom stereocenters. The lowest BCUT2D eigenvalue weighted by atomic mass is 9.86. The van der Waals surface area contributed by atoms with Crippen LogP contribution in [0.4, 0.5) is 0 Å². The Bertz CT molecular complexity index is 823. The molecule has 2 unspecified atom stereocenters. The van der Waals surface area contributed by atoms with E-state index in [4.69, 9.17) is 16.3 Å². The maximum absolute atomic E-state index is 12.2. The minimum atomic E-state index is -0.478. The molecular weight excluding hydrogens is 406 g/mol. The van der Waals surface area contributed by atoms with Crippen molar-refractivity contribution in [3.8, 4) is 0 Å². The van der Waals surface area contributed by atoms with Gasteiger partial charge in [-0.05, 0) is 60.7 Å². The monoisotopic (exact) mass is 431 g/mol. The van der Waals surface area contributed by atoms with Gasteiger partial charge in [0.2, 0.25) is 0 Å². The van der Waals surface area contributed by atoms with E-state index in [9.17, 15) is 9.59 Å². The predicted molar refractivity (Wildman–Crippen MR) is 117 cm³/mol. The van der Waals surface area contributed by atoms with Crippen LogP contribution < -0.4 is 5.32 Å². The number of thioether (sulfide) groups is 1.